The molecule has 21 heteroatoms. The molecule has 20 nitrogen and oxygen atoms in total. The smallest absolute Gasteiger partial charge is 0.326 e. The van der Waals surface area contributed by atoms with E-state index in [0.29, 0.717) is 36.7 Å². The predicted octanol–water partition coefficient (Wildman–Crippen LogP) is 0.0231. The van der Waals surface area contributed by atoms with Crippen LogP contribution in [0.4, 0.5) is 0 Å². The third-order valence-electron chi connectivity index (χ3n) is 10.3. The number of ether oxygens (including phenoxy) is 1. The van der Waals surface area contributed by atoms with Gasteiger partial charge in [-0.1, -0.05) is 76.3 Å². The molecule has 1 heterocycles. The van der Waals surface area contributed by atoms with Crippen LogP contribution in [0.2, 0.25) is 0 Å². The zero-order valence-electron chi connectivity index (χ0n) is 33.7. The van der Waals surface area contributed by atoms with Crippen LogP contribution < -0.4 is 21.9 Å². The largest absolute Gasteiger partial charge is 0.481 e. The van der Waals surface area contributed by atoms with Gasteiger partial charge in [-0.25, -0.2) is 15.6 Å². The molecule has 2 fully saturated rings. The SMILES string of the molecule is CCCCCC(O)/C=C/C1C(O)C/C(=N/NC(=O)CCC(NC(=O)C(C)CCC(=O)N/N=C(\N)SC2O[C@H](CO)[C@H](O)[C@H](O)[C@H]2O)C(=O)O)C1CCCCCCC(=O)O. The Bertz CT molecular complexity index is 1450. The zero-order chi connectivity index (χ0) is 44.1. The molecule has 1 aliphatic heterocycles. The van der Waals surface area contributed by atoms with Crippen LogP contribution >= 0.6 is 11.8 Å². The maximum Gasteiger partial charge on any atom is 0.326 e. The highest BCUT2D eigenvalue weighted by Gasteiger charge is 2.44. The van der Waals surface area contributed by atoms with Crippen LogP contribution in [0.25, 0.3) is 0 Å². The van der Waals surface area contributed by atoms with Gasteiger partial charge in [-0.15, -0.1) is 5.10 Å². The molecule has 1 saturated heterocycles. The first-order valence-corrected chi connectivity index (χ1v) is 21.1. The summed E-state index contributed by atoms with van der Waals surface area (Å²) >= 11 is 0.630. The van der Waals surface area contributed by atoms with Crippen molar-refractivity contribution in [2.75, 3.05) is 6.61 Å². The Balaban J connectivity index is 1.90. The summed E-state index contributed by atoms with van der Waals surface area (Å²) in [7, 11) is 0. The first-order chi connectivity index (χ1) is 28.0. The number of amidine groups is 1. The lowest BCUT2D eigenvalue weighted by Crippen LogP contribution is -2.57. The van der Waals surface area contributed by atoms with Crippen molar-refractivity contribution in [3.8, 4) is 0 Å². The first-order valence-electron chi connectivity index (χ1n) is 20.2. The van der Waals surface area contributed by atoms with Crippen molar-refractivity contribution in [2.24, 2.45) is 33.7 Å². The lowest BCUT2D eigenvalue weighted by molar-refractivity contribution is -0.205. The van der Waals surface area contributed by atoms with Crippen LogP contribution in [0.5, 0.6) is 0 Å². The number of nitrogens with zero attached hydrogens (tertiary/aromatic N) is 2. The van der Waals surface area contributed by atoms with E-state index in [-0.39, 0.29) is 55.5 Å². The second-order valence-electron chi connectivity index (χ2n) is 15.1. The van der Waals surface area contributed by atoms with Gasteiger partial charge in [0.2, 0.25) is 17.7 Å². The number of rotatable bonds is 26. The van der Waals surface area contributed by atoms with Crippen molar-refractivity contribution in [1.82, 2.24) is 16.2 Å². The van der Waals surface area contributed by atoms with E-state index < -0.39 is 90.3 Å². The van der Waals surface area contributed by atoms with E-state index in [4.69, 9.17) is 15.6 Å². The molecule has 7 unspecified atom stereocenters. The first kappa shape index (κ1) is 51.4. The Morgan fingerprint density at radius 1 is 0.898 bits per heavy atom. The van der Waals surface area contributed by atoms with Gasteiger partial charge < -0.3 is 56.6 Å². The van der Waals surface area contributed by atoms with Gasteiger partial charge in [0, 0.05) is 49.1 Å². The maximum atomic E-state index is 12.8. The van der Waals surface area contributed by atoms with Gasteiger partial charge in [0.1, 0.15) is 35.9 Å². The summed E-state index contributed by atoms with van der Waals surface area (Å²) in [5.74, 6) is -5.60. The molecule has 0 radical (unpaired) electrons. The summed E-state index contributed by atoms with van der Waals surface area (Å²) < 4.78 is 5.32. The molecule has 1 saturated carbocycles. The molecular formula is C38H64N6O14S. The van der Waals surface area contributed by atoms with E-state index in [0.717, 1.165) is 38.5 Å². The lowest BCUT2D eigenvalue weighted by atomic mass is 9.88. The molecule has 0 bridgehead atoms. The van der Waals surface area contributed by atoms with Crippen molar-refractivity contribution >= 4 is 52.3 Å². The minimum Gasteiger partial charge on any atom is -0.481 e. The summed E-state index contributed by atoms with van der Waals surface area (Å²) in [5, 5.41) is 89.4. The minimum absolute atomic E-state index is 0.0133. The molecule has 59 heavy (non-hydrogen) atoms. The van der Waals surface area contributed by atoms with Crippen LogP contribution in [-0.4, -0.2) is 136 Å². The Kier molecular flexibility index (Phi) is 23.7. The molecule has 0 spiro atoms. The standard InChI is InChI=1S/C38H64N6O14S/c1-3-4-7-10-22(46)14-15-24-23(11-8-5-6-9-12-31(50)51)26(19-27(24)47)41-42-30(49)18-16-25(36(56)57)40-35(55)21(2)13-17-29(48)43-44-38(39)59-37-34(54)33(53)32(52)28(20-45)58-37/h14-15,21-25,27-28,32-34,37,45-47,52-54H,3-13,16-20H2,1-2H3,(H2,39,44)(H,40,55)(H,42,49)(H,43,48)(H,50,51)(H,56,57)/b15-14+,41-26-/t21?,22?,23?,24?,25?,27?,28-,32+,33+,34-,37?/m1/s1. The number of thioether (sulfide) groups is 1. The van der Waals surface area contributed by atoms with Crippen molar-refractivity contribution in [1.29, 1.82) is 0 Å². The zero-order valence-corrected chi connectivity index (χ0v) is 34.5. The second-order valence-corrected chi connectivity index (χ2v) is 16.2. The highest BCUT2D eigenvalue weighted by Crippen LogP contribution is 2.35. The van der Waals surface area contributed by atoms with Crippen molar-refractivity contribution in [3.63, 3.8) is 0 Å². The number of aliphatic hydroxyl groups is 6. The average molecular weight is 861 g/mol. The quantitative estimate of drug-likeness (QED) is 0.0179. The summed E-state index contributed by atoms with van der Waals surface area (Å²) in [4.78, 5) is 60.8. The summed E-state index contributed by atoms with van der Waals surface area (Å²) in [6.45, 7) is 2.91. The van der Waals surface area contributed by atoms with Gasteiger partial charge in [-0.2, -0.15) is 5.10 Å². The van der Waals surface area contributed by atoms with Gasteiger partial charge in [0.25, 0.3) is 0 Å². The molecule has 0 aromatic heterocycles. The average Bonchev–Trinajstić information content (AvgIpc) is 3.49. The van der Waals surface area contributed by atoms with E-state index in [1.54, 1.807) is 12.2 Å². The van der Waals surface area contributed by atoms with Crippen LogP contribution in [0.1, 0.15) is 110 Å². The number of hydrazone groups is 2. The summed E-state index contributed by atoms with van der Waals surface area (Å²) in [6.07, 6.45) is 2.40. The van der Waals surface area contributed by atoms with E-state index in [1.807, 2.05) is 0 Å². The van der Waals surface area contributed by atoms with Gasteiger partial charge in [-0.05, 0) is 32.1 Å². The van der Waals surface area contributed by atoms with E-state index >= 15 is 0 Å². The number of unbranched alkanes of at least 4 members (excludes halogenated alkanes) is 5. The molecule has 13 N–H and O–H groups in total. The monoisotopic (exact) mass is 860 g/mol. The highest BCUT2D eigenvalue weighted by molar-refractivity contribution is 8.14. The number of carboxylic acids is 2. The second kappa shape index (κ2) is 27.2. The van der Waals surface area contributed by atoms with Crippen LogP contribution in [0.3, 0.4) is 0 Å². The third kappa shape index (κ3) is 18.6. The van der Waals surface area contributed by atoms with Crippen molar-refractivity contribution in [3.05, 3.63) is 12.2 Å². The number of aliphatic hydroxyl groups excluding tert-OH is 6. The topological polar surface area (TPSA) is 343 Å². The van der Waals surface area contributed by atoms with Crippen LogP contribution in [0.15, 0.2) is 22.4 Å². The number of carbonyl (C=O) groups is 5. The molecule has 2 rings (SSSR count). The summed E-state index contributed by atoms with van der Waals surface area (Å²) in [5.41, 5.74) is 9.74. The maximum absolute atomic E-state index is 12.8. The van der Waals surface area contributed by atoms with E-state index in [9.17, 15) is 59.7 Å². The molecule has 1 aliphatic carbocycles. The number of amides is 3. The Morgan fingerprint density at radius 2 is 1.58 bits per heavy atom. The normalized spacial score (nSPS) is 27.0. The Morgan fingerprint density at radius 3 is 2.24 bits per heavy atom. The highest BCUT2D eigenvalue weighted by atomic mass is 32.2. The predicted molar refractivity (Wildman–Crippen MR) is 216 cm³/mol. The number of hydrogen-bond donors (Lipinski definition) is 12. The number of carbonyl (C=O) groups excluding carboxylic acids is 3. The van der Waals surface area contributed by atoms with E-state index in [1.165, 1.54) is 6.92 Å². The molecular weight excluding hydrogens is 797 g/mol. The number of nitrogens with two attached hydrogens (primary N) is 1. The fourth-order valence-corrected chi connectivity index (χ4v) is 7.53. The molecule has 336 valence electrons. The minimum atomic E-state index is -1.62. The van der Waals surface area contributed by atoms with Gasteiger partial charge in [0.15, 0.2) is 5.17 Å². The number of aliphatic carboxylic acids is 2. The number of carboxylic acid groups (broad SMARTS) is 2. The number of nitrogens with one attached hydrogen (secondary N) is 3. The lowest BCUT2D eigenvalue weighted by Gasteiger charge is -2.39. The number of hydrogen-bond acceptors (Lipinski definition) is 15. The van der Waals surface area contributed by atoms with Gasteiger partial charge >= 0.3 is 11.9 Å². The summed E-state index contributed by atoms with van der Waals surface area (Å²) in [6, 6.07) is -1.43. The van der Waals surface area contributed by atoms with Crippen LogP contribution in [-0.2, 0) is 28.7 Å². The molecule has 0 aromatic rings. The van der Waals surface area contributed by atoms with Gasteiger partial charge in [-0.3, -0.25) is 19.2 Å². The molecule has 11 atom stereocenters. The van der Waals surface area contributed by atoms with Crippen LogP contribution in [0, 0.1) is 17.8 Å². The molecule has 3 amide bonds. The Hall–Kier alpha value is -3.70. The third-order valence-corrected chi connectivity index (χ3v) is 11.3. The molecule has 2 aliphatic rings. The fraction of sp³-hybridized carbons (Fsp3) is 0.763. The van der Waals surface area contributed by atoms with E-state index in [2.05, 4.69) is 33.3 Å². The Labute approximate surface area is 348 Å². The fourth-order valence-electron chi connectivity index (χ4n) is 6.69. The van der Waals surface area contributed by atoms with Crippen molar-refractivity contribution in [2.45, 2.75) is 158 Å². The van der Waals surface area contributed by atoms with Crippen molar-refractivity contribution < 1.29 is 69.6 Å². The van der Waals surface area contributed by atoms with Gasteiger partial charge in [0.05, 0.1) is 18.8 Å². The molecule has 0 aromatic carbocycles.